The summed E-state index contributed by atoms with van der Waals surface area (Å²) in [4.78, 5) is 0. The third-order valence-corrected chi connectivity index (χ3v) is 3.40. The smallest absolute Gasteiger partial charge is 0.283 e. The van der Waals surface area contributed by atoms with Gasteiger partial charge in [0.2, 0.25) is 0 Å². The minimum atomic E-state index is 0.0703. The van der Waals surface area contributed by atoms with Gasteiger partial charge in [-0.15, -0.1) is 10.2 Å². The van der Waals surface area contributed by atoms with Crippen LogP contribution in [0.15, 0.2) is 43.8 Å². The number of benzene rings is 1. The molecule has 1 aromatic carbocycles. The van der Waals surface area contributed by atoms with Gasteiger partial charge in [0.15, 0.2) is 28.5 Å². The zero-order valence-corrected chi connectivity index (χ0v) is 14.2. The molecule has 3 aromatic rings. The number of nitrogens with zero attached hydrogens (tertiary/aromatic N) is 3. The zero-order chi connectivity index (χ0) is 16.9. The quantitative estimate of drug-likeness (QED) is 0.629. The van der Waals surface area contributed by atoms with Gasteiger partial charge in [0.05, 0.1) is 18.2 Å². The van der Waals surface area contributed by atoms with Crippen LogP contribution in [-0.4, -0.2) is 16.8 Å². The predicted octanol–water partition coefficient (Wildman–Crippen LogP) is 3.94. The average Bonchev–Trinajstić information content (AvgIpc) is 3.22. The van der Waals surface area contributed by atoms with Crippen molar-refractivity contribution in [3.05, 3.63) is 46.5 Å². The van der Waals surface area contributed by atoms with Crippen molar-refractivity contribution in [2.24, 2.45) is 0 Å². The molecule has 0 N–H and O–H groups in total. The van der Waals surface area contributed by atoms with Crippen LogP contribution < -0.4 is 9.47 Å². The van der Waals surface area contributed by atoms with Crippen LogP contribution in [0.5, 0.6) is 11.5 Å². The van der Waals surface area contributed by atoms with Crippen LogP contribution in [-0.2, 0) is 6.61 Å². The third kappa shape index (κ3) is 3.58. The van der Waals surface area contributed by atoms with Crippen LogP contribution in [0.3, 0.4) is 0 Å². The maximum Gasteiger partial charge on any atom is 0.283 e. The van der Waals surface area contributed by atoms with E-state index in [0.717, 1.165) is 0 Å². The first-order chi connectivity index (χ1) is 11.7. The lowest BCUT2D eigenvalue weighted by atomic mass is 10.2. The van der Waals surface area contributed by atoms with Gasteiger partial charge in [0, 0.05) is 6.07 Å². The molecule has 2 heterocycles. The number of hydrogen-bond acceptors (Lipinski definition) is 7. The van der Waals surface area contributed by atoms with Gasteiger partial charge < -0.3 is 18.3 Å². The summed E-state index contributed by atoms with van der Waals surface area (Å²) in [6, 6.07) is 10.5. The molecular formula is C16H12BrN3O4. The average molecular weight is 390 g/mol. The standard InChI is InChI=1S/C16H12BrN3O4/c1-2-21-13-7-10(8-18)3-4-11(13)22-9-15-19-20-16(24-15)12-5-6-14(17)23-12/h3-7H,2,9H2,1H3. The summed E-state index contributed by atoms with van der Waals surface area (Å²) < 4.78 is 22.6. The summed E-state index contributed by atoms with van der Waals surface area (Å²) in [6.07, 6.45) is 0. The SMILES string of the molecule is CCOc1cc(C#N)ccc1OCc1nnc(-c2ccc(Br)o2)o1. The number of ether oxygens (including phenoxy) is 2. The van der Waals surface area contributed by atoms with Gasteiger partial charge in [-0.25, -0.2) is 0 Å². The topological polar surface area (TPSA) is 94.3 Å². The Labute approximate surface area is 145 Å². The predicted molar refractivity (Wildman–Crippen MR) is 86.4 cm³/mol. The first-order valence-electron chi connectivity index (χ1n) is 7.07. The summed E-state index contributed by atoms with van der Waals surface area (Å²) in [5.41, 5.74) is 0.495. The van der Waals surface area contributed by atoms with Crippen molar-refractivity contribution in [3.8, 4) is 29.2 Å². The molecule has 0 bridgehead atoms. The monoisotopic (exact) mass is 389 g/mol. The Morgan fingerprint density at radius 1 is 1.12 bits per heavy atom. The fraction of sp³-hybridized carbons (Fsp3) is 0.188. The molecular weight excluding hydrogens is 378 g/mol. The molecule has 122 valence electrons. The molecule has 24 heavy (non-hydrogen) atoms. The molecule has 0 saturated heterocycles. The second-order valence-electron chi connectivity index (χ2n) is 4.60. The van der Waals surface area contributed by atoms with Gasteiger partial charge in [-0.3, -0.25) is 0 Å². The molecule has 3 rings (SSSR count). The highest BCUT2D eigenvalue weighted by atomic mass is 79.9. The van der Waals surface area contributed by atoms with E-state index in [0.29, 0.717) is 40.0 Å². The summed E-state index contributed by atoms with van der Waals surface area (Å²) in [6.45, 7) is 2.39. The van der Waals surface area contributed by atoms with Crippen molar-refractivity contribution in [2.45, 2.75) is 13.5 Å². The molecule has 0 atom stereocenters. The maximum absolute atomic E-state index is 8.95. The van der Waals surface area contributed by atoms with Crippen LogP contribution in [0.25, 0.3) is 11.7 Å². The van der Waals surface area contributed by atoms with Crippen molar-refractivity contribution in [2.75, 3.05) is 6.61 Å². The van der Waals surface area contributed by atoms with Crippen molar-refractivity contribution < 1.29 is 18.3 Å². The van der Waals surface area contributed by atoms with Gasteiger partial charge in [-0.05, 0) is 47.1 Å². The molecule has 0 unspecified atom stereocenters. The van der Waals surface area contributed by atoms with Crippen molar-refractivity contribution in [1.29, 1.82) is 5.26 Å². The van der Waals surface area contributed by atoms with Gasteiger partial charge in [-0.2, -0.15) is 5.26 Å². The van der Waals surface area contributed by atoms with E-state index in [1.807, 2.05) is 6.92 Å². The van der Waals surface area contributed by atoms with Crippen LogP contribution in [0.2, 0.25) is 0 Å². The van der Waals surface area contributed by atoms with E-state index in [2.05, 4.69) is 32.2 Å². The Hall–Kier alpha value is -2.79. The highest BCUT2D eigenvalue weighted by Gasteiger charge is 2.14. The number of aromatic nitrogens is 2. The number of halogens is 1. The fourth-order valence-corrected chi connectivity index (χ4v) is 2.25. The number of hydrogen-bond donors (Lipinski definition) is 0. The van der Waals surface area contributed by atoms with E-state index in [1.54, 1.807) is 30.3 Å². The minimum Gasteiger partial charge on any atom is -0.490 e. The number of furan rings is 1. The molecule has 7 nitrogen and oxygen atoms in total. The molecule has 0 aliphatic rings. The van der Waals surface area contributed by atoms with Crippen molar-refractivity contribution >= 4 is 15.9 Å². The fourth-order valence-electron chi connectivity index (χ4n) is 1.95. The van der Waals surface area contributed by atoms with Gasteiger partial charge in [-0.1, -0.05) is 0 Å². The van der Waals surface area contributed by atoms with Crippen LogP contribution in [0.1, 0.15) is 18.4 Å². The number of nitriles is 1. The molecule has 0 fully saturated rings. The van der Waals surface area contributed by atoms with E-state index < -0.39 is 0 Å². The summed E-state index contributed by atoms with van der Waals surface area (Å²) in [5.74, 6) is 2.02. The molecule has 0 amide bonds. The first kappa shape index (κ1) is 16.1. The van der Waals surface area contributed by atoms with Gasteiger partial charge in [0.25, 0.3) is 11.8 Å². The van der Waals surface area contributed by atoms with Crippen molar-refractivity contribution in [1.82, 2.24) is 10.2 Å². The van der Waals surface area contributed by atoms with E-state index in [4.69, 9.17) is 23.6 Å². The van der Waals surface area contributed by atoms with Gasteiger partial charge in [0.1, 0.15) is 0 Å². The molecule has 2 aromatic heterocycles. The third-order valence-electron chi connectivity index (χ3n) is 2.97. The van der Waals surface area contributed by atoms with Crippen LogP contribution >= 0.6 is 15.9 Å². The summed E-state index contributed by atoms with van der Waals surface area (Å²) >= 11 is 3.21. The van der Waals surface area contributed by atoms with E-state index >= 15 is 0 Å². The lowest BCUT2D eigenvalue weighted by molar-refractivity contribution is 0.242. The minimum absolute atomic E-state index is 0.0703. The highest BCUT2D eigenvalue weighted by molar-refractivity contribution is 9.10. The summed E-state index contributed by atoms with van der Waals surface area (Å²) in [7, 11) is 0. The lowest BCUT2D eigenvalue weighted by Crippen LogP contribution is -2.00. The van der Waals surface area contributed by atoms with Crippen LogP contribution in [0, 0.1) is 11.3 Å². The molecule has 0 aliphatic carbocycles. The second-order valence-corrected chi connectivity index (χ2v) is 5.38. The molecule has 0 radical (unpaired) electrons. The normalized spacial score (nSPS) is 10.4. The largest absolute Gasteiger partial charge is 0.490 e. The first-order valence-corrected chi connectivity index (χ1v) is 7.86. The highest BCUT2D eigenvalue weighted by Crippen LogP contribution is 2.29. The Kier molecular flexibility index (Phi) is 4.82. The zero-order valence-electron chi connectivity index (χ0n) is 12.7. The van der Waals surface area contributed by atoms with E-state index in [1.165, 1.54) is 0 Å². The second kappa shape index (κ2) is 7.19. The lowest BCUT2D eigenvalue weighted by Gasteiger charge is -2.10. The number of rotatable bonds is 6. The van der Waals surface area contributed by atoms with Crippen LogP contribution in [0.4, 0.5) is 0 Å². The Morgan fingerprint density at radius 3 is 2.71 bits per heavy atom. The Morgan fingerprint density at radius 2 is 2.00 bits per heavy atom. The molecule has 0 spiro atoms. The molecule has 8 heteroatoms. The maximum atomic E-state index is 8.95. The Balaban J connectivity index is 1.72. The van der Waals surface area contributed by atoms with Crippen molar-refractivity contribution in [3.63, 3.8) is 0 Å². The molecule has 0 saturated carbocycles. The summed E-state index contributed by atoms with van der Waals surface area (Å²) in [5, 5.41) is 16.8. The van der Waals surface area contributed by atoms with E-state index in [-0.39, 0.29) is 12.5 Å². The Bertz CT molecular complexity index is 882. The van der Waals surface area contributed by atoms with Gasteiger partial charge >= 0.3 is 0 Å². The molecule has 0 aliphatic heterocycles. The van der Waals surface area contributed by atoms with E-state index in [9.17, 15) is 0 Å².